The number of rotatable bonds is 4. The molecule has 0 aromatic heterocycles. The Bertz CT molecular complexity index is 611. The number of benzene rings is 2. The van der Waals surface area contributed by atoms with Crippen LogP contribution >= 0.6 is 15.9 Å². The van der Waals surface area contributed by atoms with Crippen LogP contribution in [0.15, 0.2) is 46.9 Å². The highest BCUT2D eigenvalue weighted by molar-refractivity contribution is 9.10. The summed E-state index contributed by atoms with van der Waals surface area (Å²) < 4.78 is 26.8. The molecule has 19 heavy (non-hydrogen) atoms. The van der Waals surface area contributed by atoms with Gasteiger partial charge in [-0.15, -0.1) is 0 Å². The van der Waals surface area contributed by atoms with Gasteiger partial charge >= 0.3 is 0 Å². The minimum Gasteiger partial charge on any atom is -0.299 e. The number of halogens is 3. The van der Waals surface area contributed by atoms with Crippen LogP contribution in [0.3, 0.4) is 0 Å². The second-order valence-electron chi connectivity index (χ2n) is 4.23. The van der Waals surface area contributed by atoms with Crippen molar-refractivity contribution >= 4 is 21.7 Å². The van der Waals surface area contributed by atoms with Gasteiger partial charge in [-0.3, -0.25) is 4.79 Å². The molecule has 4 heteroatoms. The predicted molar refractivity (Wildman–Crippen MR) is 72.9 cm³/mol. The summed E-state index contributed by atoms with van der Waals surface area (Å²) in [5.41, 5.74) is 1.09. The summed E-state index contributed by atoms with van der Waals surface area (Å²) in [5.74, 6) is -0.856. The normalized spacial score (nSPS) is 10.5. The fraction of sp³-hybridized carbons (Fsp3) is 0.133. The maximum atomic E-state index is 13.4. The van der Waals surface area contributed by atoms with Crippen LogP contribution in [0.4, 0.5) is 8.78 Å². The van der Waals surface area contributed by atoms with Crippen LogP contribution < -0.4 is 0 Å². The highest BCUT2D eigenvalue weighted by Gasteiger charge is 2.09. The minimum absolute atomic E-state index is 0.0433. The lowest BCUT2D eigenvalue weighted by Crippen LogP contribution is -2.08. The molecule has 0 aliphatic heterocycles. The molecule has 2 aromatic carbocycles. The first kappa shape index (κ1) is 13.9. The SMILES string of the molecule is O=C(Cc1ccc(F)c(Br)c1)Cc1ccccc1F. The lowest BCUT2D eigenvalue weighted by molar-refractivity contribution is -0.117. The van der Waals surface area contributed by atoms with Gasteiger partial charge in [0, 0.05) is 12.8 Å². The maximum Gasteiger partial charge on any atom is 0.141 e. The van der Waals surface area contributed by atoms with Crippen LogP contribution in [0.2, 0.25) is 0 Å². The molecule has 0 saturated heterocycles. The number of hydrogen-bond donors (Lipinski definition) is 0. The van der Waals surface area contributed by atoms with E-state index < -0.39 is 0 Å². The molecule has 0 atom stereocenters. The molecule has 0 spiro atoms. The van der Waals surface area contributed by atoms with Gasteiger partial charge in [-0.25, -0.2) is 8.78 Å². The van der Waals surface area contributed by atoms with Crippen molar-refractivity contribution < 1.29 is 13.6 Å². The molecule has 0 bridgehead atoms. The second-order valence-corrected chi connectivity index (χ2v) is 5.09. The quantitative estimate of drug-likeness (QED) is 0.828. The van der Waals surface area contributed by atoms with E-state index in [2.05, 4.69) is 15.9 Å². The van der Waals surface area contributed by atoms with E-state index in [-0.39, 0.29) is 30.3 Å². The summed E-state index contributed by atoms with van der Waals surface area (Å²) in [6.07, 6.45) is 0.203. The van der Waals surface area contributed by atoms with Crippen LogP contribution in [0, 0.1) is 11.6 Å². The van der Waals surface area contributed by atoms with Crippen molar-refractivity contribution in [3.8, 4) is 0 Å². The standard InChI is InChI=1S/C15H11BrF2O/c16-13-8-10(5-6-15(13)18)7-12(19)9-11-3-1-2-4-14(11)17/h1-6,8H,7,9H2. The fourth-order valence-electron chi connectivity index (χ4n) is 1.79. The highest BCUT2D eigenvalue weighted by atomic mass is 79.9. The van der Waals surface area contributed by atoms with Crippen LogP contribution in [0.25, 0.3) is 0 Å². The van der Waals surface area contributed by atoms with Gasteiger partial charge in [-0.2, -0.15) is 0 Å². The van der Waals surface area contributed by atoms with Gasteiger partial charge in [0.1, 0.15) is 17.4 Å². The zero-order valence-electron chi connectivity index (χ0n) is 10.00. The predicted octanol–water partition coefficient (Wildman–Crippen LogP) is 4.08. The van der Waals surface area contributed by atoms with E-state index in [9.17, 15) is 13.6 Å². The van der Waals surface area contributed by atoms with Gasteiger partial charge in [-0.1, -0.05) is 24.3 Å². The molecule has 0 N–H and O–H groups in total. The van der Waals surface area contributed by atoms with Gasteiger partial charge < -0.3 is 0 Å². The number of hydrogen-bond acceptors (Lipinski definition) is 1. The lowest BCUT2D eigenvalue weighted by Gasteiger charge is -2.04. The summed E-state index contributed by atoms with van der Waals surface area (Å²) in [6, 6.07) is 10.6. The zero-order chi connectivity index (χ0) is 13.8. The van der Waals surface area contributed by atoms with E-state index >= 15 is 0 Å². The summed E-state index contributed by atoms with van der Waals surface area (Å²) in [5, 5.41) is 0. The number of carbonyl (C=O) groups is 1. The van der Waals surface area contributed by atoms with Crippen molar-refractivity contribution in [3.63, 3.8) is 0 Å². The molecule has 0 unspecified atom stereocenters. The summed E-state index contributed by atoms with van der Waals surface area (Å²) in [4.78, 5) is 11.9. The van der Waals surface area contributed by atoms with E-state index in [1.807, 2.05) is 0 Å². The van der Waals surface area contributed by atoms with E-state index in [4.69, 9.17) is 0 Å². The first-order chi connectivity index (χ1) is 9.06. The average Bonchev–Trinajstić information content (AvgIpc) is 2.37. The lowest BCUT2D eigenvalue weighted by atomic mass is 10.0. The maximum absolute atomic E-state index is 13.4. The van der Waals surface area contributed by atoms with Gasteiger partial charge in [0.05, 0.1) is 4.47 Å². The molecule has 0 aliphatic carbocycles. The summed E-state index contributed by atoms with van der Waals surface area (Å²) in [7, 11) is 0. The van der Waals surface area contributed by atoms with Gasteiger partial charge in [0.15, 0.2) is 0 Å². The van der Waals surface area contributed by atoms with Crippen molar-refractivity contribution in [3.05, 3.63) is 69.7 Å². The van der Waals surface area contributed by atoms with Crippen molar-refractivity contribution in [2.45, 2.75) is 12.8 Å². The van der Waals surface area contributed by atoms with Crippen LogP contribution in [-0.2, 0) is 17.6 Å². The Morgan fingerprint density at radius 1 is 1.00 bits per heavy atom. The molecule has 0 amide bonds. The van der Waals surface area contributed by atoms with Crippen LogP contribution in [0.5, 0.6) is 0 Å². The Morgan fingerprint density at radius 3 is 2.42 bits per heavy atom. The van der Waals surface area contributed by atoms with Gasteiger partial charge in [0.25, 0.3) is 0 Å². The third-order valence-electron chi connectivity index (χ3n) is 2.73. The first-order valence-corrected chi connectivity index (χ1v) is 6.54. The Labute approximate surface area is 118 Å². The molecule has 2 rings (SSSR count). The van der Waals surface area contributed by atoms with Crippen LogP contribution in [0.1, 0.15) is 11.1 Å². The van der Waals surface area contributed by atoms with Crippen molar-refractivity contribution in [2.24, 2.45) is 0 Å². The van der Waals surface area contributed by atoms with Gasteiger partial charge in [0.2, 0.25) is 0 Å². The zero-order valence-corrected chi connectivity index (χ0v) is 11.6. The summed E-state index contributed by atoms with van der Waals surface area (Å²) in [6.45, 7) is 0. The molecule has 0 radical (unpaired) electrons. The average molecular weight is 325 g/mol. The van der Waals surface area contributed by atoms with E-state index in [1.54, 1.807) is 30.3 Å². The minimum atomic E-state index is -0.379. The number of carbonyl (C=O) groups excluding carboxylic acids is 1. The molecule has 2 aromatic rings. The van der Waals surface area contributed by atoms with E-state index in [0.717, 1.165) is 0 Å². The Kier molecular flexibility index (Phi) is 4.43. The molecular formula is C15H11BrF2O. The Balaban J connectivity index is 2.05. The molecule has 0 saturated carbocycles. The van der Waals surface area contributed by atoms with Crippen molar-refractivity contribution in [1.29, 1.82) is 0 Å². The molecule has 0 fully saturated rings. The molecule has 98 valence electrons. The Morgan fingerprint density at radius 2 is 1.74 bits per heavy atom. The molecular weight excluding hydrogens is 314 g/mol. The van der Waals surface area contributed by atoms with Crippen molar-refractivity contribution in [1.82, 2.24) is 0 Å². The molecule has 1 nitrogen and oxygen atoms in total. The highest BCUT2D eigenvalue weighted by Crippen LogP contribution is 2.18. The number of ketones is 1. The second kappa shape index (κ2) is 6.06. The van der Waals surface area contributed by atoms with E-state index in [0.29, 0.717) is 15.6 Å². The fourth-order valence-corrected chi connectivity index (χ4v) is 2.22. The smallest absolute Gasteiger partial charge is 0.141 e. The largest absolute Gasteiger partial charge is 0.299 e. The van der Waals surface area contributed by atoms with Gasteiger partial charge in [-0.05, 0) is 45.3 Å². The number of Topliss-reactive ketones (excluding diaryl/α,β-unsaturated/α-hetero) is 1. The van der Waals surface area contributed by atoms with E-state index in [1.165, 1.54) is 12.1 Å². The monoisotopic (exact) mass is 324 g/mol. The summed E-state index contributed by atoms with van der Waals surface area (Å²) >= 11 is 3.07. The third kappa shape index (κ3) is 3.70. The molecule has 0 heterocycles. The topological polar surface area (TPSA) is 17.1 Å². The molecule has 0 aliphatic rings. The van der Waals surface area contributed by atoms with Crippen LogP contribution in [-0.4, -0.2) is 5.78 Å². The first-order valence-electron chi connectivity index (χ1n) is 5.75. The Hall–Kier alpha value is -1.55. The third-order valence-corrected chi connectivity index (χ3v) is 3.34. The van der Waals surface area contributed by atoms with Crippen molar-refractivity contribution in [2.75, 3.05) is 0 Å².